The molecule has 2 aliphatic heterocycles. The third-order valence-electron chi connectivity index (χ3n) is 5.04. The molecule has 1 spiro atoms. The Bertz CT molecular complexity index is 505. The van der Waals surface area contributed by atoms with Crippen LogP contribution in [0.3, 0.4) is 0 Å². The van der Waals surface area contributed by atoms with Crippen LogP contribution in [0.25, 0.3) is 0 Å². The lowest BCUT2D eigenvalue weighted by molar-refractivity contribution is -0.135. The van der Waals surface area contributed by atoms with Crippen molar-refractivity contribution in [2.45, 2.75) is 32.4 Å². The van der Waals surface area contributed by atoms with Crippen molar-refractivity contribution in [3.63, 3.8) is 0 Å². The van der Waals surface area contributed by atoms with Crippen molar-refractivity contribution in [3.8, 4) is 0 Å². The third-order valence-corrected chi connectivity index (χ3v) is 5.04. The van der Waals surface area contributed by atoms with Crippen LogP contribution in [-0.4, -0.2) is 45.2 Å². The normalized spacial score (nSPS) is 28.2. The lowest BCUT2D eigenvalue weighted by Crippen LogP contribution is -2.41. The second-order valence-corrected chi connectivity index (χ2v) is 6.07. The van der Waals surface area contributed by atoms with Crippen molar-refractivity contribution < 1.29 is 4.79 Å². The number of piperidine rings is 1. The van der Waals surface area contributed by atoms with E-state index in [4.69, 9.17) is 0 Å². The quantitative estimate of drug-likeness (QED) is 0.773. The van der Waals surface area contributed by atoms with E-state index in [1.54, 1.807) is 6.33 Å². The van der Waals surface area contributed by atoms with Crippen LogP contribution in [-0.2, 0) is 17.9 Å². The summed E-state index contributed by atoms with van der Waals surface area (Å²) in [4.78, 5) is 14.6. The van der Waals surface area contributed by atoms with Crippen LogP contribution in [0.15, 0.2) is 6.33 Å². The van der Waals surface area contributed by atoms with Crippen LogP contribution in [0.1, 0.15) is 25.1 Å². The van der Waals surface area contributed by atoms with Crippen molar-refractivity contribution in [2.24, 2.45) is 11.3 Å². The number of rotatable bonds is 1. The SMILES string of the molecule is O=C(C1CC12CCNCC2)N1CCn2cnnc2C1. The summed E-state index contributed by atoms with van der Waals surface area (Å²) in [6.07, 6.45) is 5.17. The standard InChI is InChI=1S/C13H19N5O/c19-12(10-7-13(10)1-3-14-4-2-13)17-5-6-18-9-15-16-11(18)8-17/h9-10,14H,1-8H2. The fourth-order valence-corrected chi connectivity index (χ4v) is 3.65. The summed E-state index contributed by atoms with van der Waals surface area (Å²) in [6, 6.07) is 0. The van der Waals surface area contributed by atoms with Crippen LogP contribution in [0.5, 0.6) is 0 Å². The predicted octanol–water partition coefficient (Wildman–Crippen LogP) is 0.0100. The highest BCUT2D eigenvalue weighted by atomic mass is 16.2. The van der Waals surface area contributed by atoms with Gasteiger partial charge < -0.3 is 14.8 Å². The monoisotopic (exact) mass is 261 g/mol. The number of carbonyl (C=O) groups excluding carboxylic acids is 1. The Labute approximate surface area is 112 Å². The lowest BCUT2D eigenvalue weighted by atomic mass is 9.91. The minimum Gasteiger partial charge on any atom is -0.333 e. The van der Waals surface area contributed by atoms with Gasteiger partial charge in [0.2, 0.25) is 5.91 Å². The lowest BCUT2D eigenvalue weighted by Gasteiger charge is -2.29. The average molecular weight is 261 g/mol. The molecule has 2 fully saturated rings. The molecule has 19 heavy (non-hydrogen) atoms. The third kappa shape index (κ3) is 1.77. The fourth-order valence-electron chi connectivity index (χ4n) is 3.65. The molecule has 0 radical (unpaired) electrons. The van der Waals surface area contributed by atoms with Gasteiger partial charge in [-0.25, -0.2) is 0 Å². The van der Waals surface area contributed by atoms with Gasteiger partial charge >= 0.3 is 0 Å². The minimum absolute atomic E-state index is 0.268. The van der Waals surface area contributed by atoms with E-state index in [1.165, 1.54) is 0 Å². The van der Waals surface area contributed by atoms with Crippen LogP contribution in [0.2, 0.25) is 0 Å². The maximum Gasteiger partial charge on any atom is 0.226 e. The van der Waals surface area contributed by atoms with Crippen molar-refractivity contribution in [3.05, 3.63) is 12.2 Å². The van der Waals surface area contributed by atoms with Gasteiger partial charge in [-0.05, 0) is 37.8 Å². The molecule has 1 aliphatic carbocycles. The van der Waals surface area contributed by atoms with Crippen LogP contribution in [0, 0.1) is 11.3 Å². The van der Waals surface area contributed by atoms with E-state index in [0.717, 1.165) is 51.3 Å². The second-order valence-electron chi connectivity index (χ2n) is 6.07. The van der Waals surface area contributed by atoms with Gasteiger partial charge in [-0.2, -0.15) is 0 Å². The van der Waals surface area contributed by atoms with E-state index >= 15 is 0 Å². The second kappa shape index (κ2) is 4.03. The Morgan fingerprint density at radius 1 is 1.37 bits per heavy atom. The van der Waals surface area contributed by atoms with Gasteiger partial charge in [-0.3, -0.25) is 4.79 Å². The van der Waals surface area contributed by atoms with Crippen LogP contribution < -0.4 is 5.32 Å². The summed E-state index contributed by atoms with van der Waals surface area (Å²) in [6.45, 7) is 4.39. The molecular weight excluding hydrogens is 242 g/mol. The Morgan fingerprint density at radius 2 is 2.21 bits per heavy atom. The van der Waals surface area contributed by atoms with Gasteiger partial charge in [0.15, 0.2) is 5.82 Å². The maximum atomic E-state index is 12.6. The molecule has 1 aromatic rings. The van der Waals surface area contributed by atoms with Crippen molar-refractivity contribution in [2.75, 3.05) is 19.6 Å². The number of amides is 1. The first-order valence-electron chi connectivity index (χ1n) is 7.15. The number of carbonyl (C=O) groups is 1. The molecule has 1 amide bonds. The zero-order valence-corrected chi connectivity index (χ0v) is 11.0. The summed E-state index contributed by atoms with van der Waals surface area (Å²) in [5.41, 5.74) is 0.327. The fraction of sp³-hybridized carbons (Fsp3) is 0.769. The molecule has 1 N–H and O–H groups in total. The Kier molecular flexibility index (Phi) is 2.42. The molecule has 1 atom stereocenters. The van der Waals surface area contributed by atoms with Crippen LogP contribution in [0.4, 0.5) is 0 Å². The number of hydrogen-bond donors (Lipinski definition) is 1. The van der Waals surface area contributed by atoms with E-state index in [0.29, 0.717) is 17.9 Å². The molecule has 1 unspecified atom stereocenters. The van der Waals surface area contributed by atoms with Gasteiger partial charge in [0.1, 0.15) is 6.33 Å². The van der Waals surface area contributed by atoms with Crippen molar-refractivity contribution in [1.82, 2.24) is 25.0 Å². The number of nitrogens with zero attached hydrogens (tertiary/aromatic N) is 4. The molecule has 3 heterocycles. The first kappa shape index (κ1) is 11.4. The van der Waals surface area contributed by atoms with Crippen molar-refractivity contribution >= 4 is 5.91 Å². The summed E-state index contributed by atoms with van der Waals surface area (Å²) in [5.74, 6) is 1.53. The summed E-state index contributed by atoms with van der Waals surface area (Å²) >= 11 is 0. The molecule has 6 heteroatoms. The molecule has 1 saturated carbocycles. The first-order chi connectivity index (χ1) is 9.28. The van der Waals surface area contributed by atoms with E-state index in [9.17, 15) is 4.79 Å². The van der Waals surface area contributed by atoms with E-state index in [-0.39, 0.29) is 5.92 Å². The van der Waals surface area contributed by atoms with Crippen LogP contribution >= 0.6 is 0 Å². The number of nitrogens with one attached hydrogen (secondary N) is 1. The van der Waals surface area contributed by atoms with Crippen molar-refractivity contribution in [1.29, 1.82) is 0 Å². The molecule has 0 bridgehead atoms. The zero-order chi connectivity index (χ0) is 12.9. The maximum absolute atomic E-state index is 12.6. The molecule has 0 aromatic carbocycles. The average Bonchev–Trinajstić information content (AvgIpc) is 2.93. The van der Waals surface area contributed by atoms with E-state index in [2.05, 4.69) is 15.5 Å². The zero-order valence-electron chi connectivity index (χ0n) is 11.0. The minimum atomic E-state index is 0.268. The molecular formula is C13H19N5O. The Hall–Kier alpha value is -1.43. The van der Waals surface area contributed by atoms with Gasteiger partial charge in [0.25, 0.3) is 0 Å². The van der Waals surface area contributed by atoms with Gasteiger partial charge in [-0.15, -0.1) is 10.2 Å². The predicted molar refractivity (Wildman–Crippen MR) is 68.1 cm³/mol. The smallest absolute Gasteiger partial charge is 0.226 e. The van der Waals surface area contributed by atoms with Gasteiger partial charge in [0.05, 0.1) is 6.54 Å². The van der Waals surface area contributed by atoms with Gasteiger partial charge in [0, 0.05) is 19.0 Å². The molecule has 102 valence electrons. The number of fused-ring (bicyclic) bond motifs is 1. The summed E-state index contributed by atoms with van der Waals surface area (Å²) in [7, 11) is 0. The van der Waals surface area contributed by atoms with Gasteiger partial charge in [-0.1, -0.05) is 0 Å². The largest absolute Gasteiger partial charge is 0.333 e. The summed E-state index contributed by atoms with van der Waals surface area (Å²) < 4.78 is 2.04. The first-order valence-corrected chi connectivity index (χ1v) is 7.15. The Morgan fingerprint density at radius 3 is 3.05 bits per heavy atom. The number of hydrogen-bond acceptors (Lipinski definition) is 4. The Balaban J connectivity index is 1.45. The highest BCUT2D eigenvalue weighted by Gasteiger charge is 2.58. The molecule has 1 saturated heterocycles. The number of aromatic nitrogens is 3. The van der Waals surface area contributed by atoms with E-state index < -0.39 is 0 Å². The highest BCUT2D eigenvalue weighted by Crippen LogP contribution is 2.59. The molecule has 4 rings (SSSR count). The molecule has 6 nitrogen and oxygen atoms in total. The topological polar surface area (TPSA) is 63.1 Å². The van der Waals surface area contributed by atoms with E-state index in [1.807, 2.05) is 9.47 Å². The highest BCUT2D eigenvalue weighted by molar-refractivity contribution is 5.82. The summed E-state index contributed by atoms with van der Waals surface area (Å²) in [5, 5.41) is 11.4. The molecule has 1 aromatic heterocycles. The molecule has 3 aliphatic rings.